The van der Waals surface area contributed by atoms with Crippen molar-refractivity contribution >= 4 is 11.5 Å². The van der Waals surface area contributed by atoms with Crippen molar-refractivity contribution in [1.29, 1.82) is 5.26 Å². The number of anilines is 2. The molecule has 0 aliphatic heterocycles. The number of nitrogens with zero attached hydrogens (tertiary/aromatic N) is 3. The number of benzene rings is 1. The number of nitriles is 1. The summed E-state index contributed by atoms with van der Waals surface area (Å²) >= 11 is 0. The van der Waals surface area contributed by atoms with Crippen LogP contribution in [0.15, 0.2) is 36.8 Å². The summed E-state index contributed by atoms with van der Waals surface area (Å²) in [5.41, 5.74) is 2.53. The number of hydrogen-bond acceptors (Lipinski definition) is 4. The number of nitrogens with one attached hydrogen (secondary N) is 1. The average Bonchev–Trinajstić information content (AvgIpc) is 2.33. The number of aromatic nitrogens is 2. The first-order valence-corrected chi connectivity index (χ1v) is 4.83. The molecule has 4 heteroatoms. The first kappa shape index (κ1) is 10.1. The van der Waals surface area contributed by atoms with E-state index in [-0.39, 0.29) is 0 Å². The summed E-state index contributed by atoms with van der Waals surface area (Å²) in [6.45, 7) is 2.02. The van der Waals surface area contributed by atoms with Crippen LogP contribution in [0.2, 0.25) is 0 Å². The first-order valence-electron chi connectivity index (χ1n) is 4.83. The van der Waals surface area contributed by atoms with Crippen LogP contribution in [0, 0.1) is 18.3 Å². The predicted molar refractivity (Wildman–Crippen MR) is 61.2 cm³/mol. The molecule has 0 atom stereocenters. The molecule has 2 aromatic rings. The summed E-state index contributed by atoms with van der Waals surface area (Å²) in [5, 5.41) is 11.9. The zero-order valence-corrected chi connectivity index (χ0v) is 8.81. The lowest BCUT2D eigenvalue weighted by atomic mass is 10.2. The standard InChI is InChI=1S/C12H10N4/c1-9-2-4-11(5-3-9)16-12-10(6-13)7-14-8-15-12/h2-5,7-8H,1H3,(H,14,15,16). The zero-order chi connectivity index (χ0) is 11.4. The van der Waals surface area contributed by atoms with Crippen LogP contribution in [-0.2, 0) is 0 Å². The molecule has 0 radical (unpaired) electrons. The van der Waals surface area contributed by atoms with Gasteiger partial charge in [-0.3, -0.25) is 0 Å². The van der Waals surface area contributed by atoms with Crippen LogP contribution in [0.1, 0.15) is 11.1 Å². The maximum Gasteiger partial charge on any atom is 0.151 e. The molecule has 1 N–H and O–H groups in total. The highest BCUT2D eigenvalue weighted by Crippen LogP contribution is 2.17. The molecule has 0 fully saturated rings. The van der Waals surface area contributed by atoms with Gasteiger partial charge >= 0.3 is 0 Å². The van der Waals surface area contributed by atoms with Gasteiger partial charge in [-0.25, -0.2) is 9.97 Å². The van der Waals surface area contributed by atoms with E-state index in [1.807, 2.05) is 37.3 Å². The number of aryl methyl sites for hydroxylation is 1. The molecule has 0 unspecified atom stereocenters. The highest BCUT2D eigenvalue weighted by atomic mass is 15.0. The maximum atomic E-state index is 8.87. The third-order valence-corrected chi connectivity index (χ3v) is 2.15. The Balaban J connectivity index is 2.27. The lowest BCUT2D eigenvalue weighted by Gasteiger charge is -2.06. The third kappa shape index (κ3) is 2.15. The maximum absolute atomic E-state index is 8.87. The molecule has 0 aliphatic rings. The van der Waals surface area contributed by atoms with Gasteiger partial charge in [0.15, 0.2) is 5.82 Å². The molecule has 0 spiro atoms. The quantitative estimate of drug-likeness (QED) is 0.826. The average molecular weight is 210 g/mol. The molecular weight excluding hydrogens is 200 g/mol. The summed E-state index contributed by atoms with van der Waals surface area (Å²) in [4.78, 5) is 7.82. The van der Waals surface area contributed by atoms with E-state index in [0.29, 0.717) is 11.4 Å². The van der Waals surface area contributed by atoms with E-state index in [1.54, 1.807) is 0 Å². The molecular formula is C12H10N4. The minimum absolute atomic E-state index is 0.433. The number of hydrogen-bond donors (Lipinski definition) is 1. The second-order valence-corrected chi connectivity index (χ2v) is 3.39. The van der Waals surface area contributed by atoms with Crippen molar-refractivity contribution in [3.63, 3.8) is 0 Å². The van der Waals surface area contributed by atoms with Crippen LogP contribution in [0.3, 0.4) is 0 Å². The Morgan fingerprint density at radius 3 is 2.69 bits per heavy atom. The van der Waals surface area contributed by atoms with E-state index >= 15 is 0 Å². The molecule has 1 aromatic heterocycles. The van der Waals surface area contributed by atoms with Gasteiger partial charge in [-0.2, -0.15) is 5.26 Å². The van der Waals surface area contributed by atoms with E-state index in [1.165, 1.54) is 18.1 Å². The molecule has 1 aromatic carbocycles. The largest absolute Gasteiger partial charge is 0.339 e. The highest BCUT2D eigenvalue weighted by molar-refractivity contribution is 5.61. The van der Waals surface area contributed by atoms with Crippen LogP contribution in [-0.4, -0.2) is 9.97 Å². The Morgan fingerprint density at radius 2 is 2.00 bits per heavy atom. The Bertz CT molecular complexity index is 525. The molecule has 4 nitrogen and oxygen atoms in total. The minimum Gasteiger partial charge on any atom is -0.339 e. The van der Waals surface area contributed by atoms with Crippen molar-refractivity contribution in [3.05, 3.63) is 47.9 Å². The van der Waals surface area contributed by atoms with Gasteiger partial charge < -0.3 is 5.32 Å². The molecule has 2 rings (SSSR count). The van der Waals surface area contributed by atoms with Gasteiger partial charge in [0, 0.05) is 5.69 Å². The summed E-state index contributed by atoms with van der Waals surface area (Å²) in [6.07, 6.45) is 2.90. The fourth-order valence-electron chi connectivity index (χ4n) is 1.28. The normalized spacial score (nSPS) is 9.50. The monoisotopic (exact) mass is 210 g/mol. The van der Waals surface area contributed by atoms with Gasteiger partial charge in [-0.05, 0) is 19.1 Å². The van der Waals surface area contributed by atoms with Gasteiger partial charge in [-0.1, -0.05) is 17.7 Å². The molecule has 0 saturated carbocycles. The first-order chi connectivity index (χ1) is 7.79. The van der Waals surface area contributed by atoms with Crippen LogP contribution in [0.5, 0.6) is 0 Å². The van der Waals surface area contributed by atoms with E-state index in [0.717, 1.165) is 5.69 Å². The molecule has 0 bridgehead atoms. The SMILES string of the molecule is Cc1ccc(Nc2ncncc2C#N)cc1. The minimum atomic E-state index is 0.433. The van der Waals surface area contributed by atoms with Crippen molar-refractivity contribution in [2.75, 3.05) is 5.32 Å². The Kier molecular flexibility index (Phi) is 2.79. The van der Waals surface area contributed by atoms with Crippen molar-refractivity contribution in [1.82, 2.24) is 9.97 Å². The molecule has 0 amide bonds. The van der Waals surface area contributed by atoms with Crippen LogP contribution in [0.4, 0.5) is 11.5 Å². The van der Waals surface area contributed by atoms with Gasteiger partial charge in [0.25, 0.3) is 0 Å². The van der Waals surface area contributed by atoms with Crippen LogP contribution >= 0.6 is 0 Å². The lowest BCUT2D eigenvalue weighted by Crippen LogP contribution is -1.97. The molecule has 0 aliphatic carbocycles. The van der Waals surface area contributed by atoms with Gasteiger partial charge in [0.2, 0.25) is 0 Å². The summed E-state index contributed by atoms with van der Waals surface area (Å²) in [6, 6.07) is 9.92. The van der Waals surface area contributed by atoms with E-state index in [4.69, 9.17) is 5.26 Å². The second kappa shape index (κ2) is 4.41. The van der Waals surface area contributed by atoms with Crippen molar-refractivity contribution in [3.8, 4) is 6.07 Å². The van der Waals surface area contributed by atoms with Gasteiger partial charge in [0.1, 0.15) is 18.0 Å². The van der Waals surface area contributed by atoms with Crippen LogP contribution in [0.25, 0.3) is 0 Å². The Labute approximate surface area is 93.6 Å². The predicted octanol–water partition coefficient (Wildman–Crippen LogP) is 2.40. The van der Waals surface area contributed by atoms with Crippen molar-refractivity contribution in [2.45, 2.75) is 6.92 Å². The smallest absolute Gasteiger partial charge is 0.151 e. The molecule has 16 heavy (non-hydrogen) atoms. The van der Waals surface area contributed by atoms with Crippen molar-refractivity contribution in [2.24, 2.45) is 0 Å². The van der Waals surface area contributed by atoms with E-state index < -0.39 is 0 Å². The summed E-state index contributed by atoms with van der Waals surface area (Å²) < 4.78 is 0. The van der Waals surface area contributed by atoms with E-state index in [9.17, 15) is 0 Å². The topological polar surface area (TPSA) is 61.6 Å². The van der Waals surface area contributed by atoms with E-state index in [2.05, 4.69) is 15.3 Å². The van der Waals surface area contributed by atoms with Crippen LogP contribution < -0.4 is 5.32 Å². The lowest BCUT2D eigenvalue weighted by molar-refractivity contribution is 1.15. The molecule has 1 heterocycles. The second-order valence-electron chi connectivity index (χ2n) is 3.39. The third-order valence-electron chi connectivity index (χ3n) is 2.15. The summed E-state index contributed by atoms with van der Waals surface area (Å²) in [7, 11) is 0. The zero-order valence-electron chi connectivity index (χ0n) is 8.81. The van der Waals surface area contributed by atoms with Gasteiger partial charge in [-0.15, -0.1) is 0 Å². The van der Waals surface area contributed by atoms with Gasteiger partial charge in [0.05, 0.1) is 6.20 Å². The molecule has 0 saturated heterocycles. The number of rotatable bonds is 2. The fourth-order valence-corrected chi connectivity index (χ4v) is 1.28. The fraction of sp³-hybridized carbons (Fsp3) is 0.0833. The summed E-state index contributed by atoms with van der Waals surface area (Å²) in [5.74, 6) is 0.529. The Morgan fingerprint density at radius 1 is 1.25 bits per heavy atom. The highest BCUT2D eigenvalue weighted by Gasteiger charge is 2.02. The Hall–Kier alpha value is -2.41. The van der Waals surface area contributed by atoms with Crippen molar-refractivity contribution < 1.29 is 0 Å². The molecule has 78 valence electrons.